The SMILES string of the molecule is OCc1coc(N2CCn3cnnc3C2)n1. The van der Waals surface area contributed by atoms with Gasteiger partial charge in [0.1, 0.15) is 18.3 Å². The zero-order chi connectivity index (χ0) is 11.0. The predicted octanol–water partition coefficient (Wildman–Crippen LogP) is -0.221. The summed E-state index contributed by atoms with van der Waals surface area (Å²) in [4.78, 5) is 6.14. The maximum absolute atomic E-state index is 8.91. The topological polar surface area (TPSA) is 80.2 Å². The van der Waals surface area contributed by atoms with E-state index in [1.165, 1.54) is 6.26 Å². The smallest absolute Gasteiger partial charge is 0.297 e. The van der Waals surface area contributed by atoms with Crippen LogP contribution < -0.4 is 4.90 Å². The van der Waals surface area contributed by atoms with Gasteiger partial charge in [-0.3, -0.25) is 0 Å². The molecule has 1 aliphatic rings. The Balaban J connectivity index is 1.83. The van der Waals surface area contributed by atoms with Crippen LogP contribution >= 0.6 is 0 Å². The fraction of sp³-hybridized carbons (Fsp3) is 0.444. The van der Waals surface area contributed by atoms with Gasteiger partial charge in [-0.15, -0.1) is 10.2 Å². The molecule has 0 saturated heterocycles. The van der Waals surface area contributed by atoms with Gasteiger partial charge >= 0.3 is 0 Å². The van der Waals surface area contributed by atoms with Crippen molar-refractivity contribution in [3.63, 3.8) is 0 Å². The Labute approximate surface area is 91.3 Å². The highest BCUT2D eigenvalue weighted by atomic mass is 16.4. The van der Waals surface area contributed by atoms with E-state index in [1.54, 1.807) is 6.33 Å². The second kappa shape index (κ2) is 3.60. The Bertz CT molecular complexity index is 492. The summed E-state index contributed by atoms with van der Waals surface area (Å²) < 4.78 is 7.29. The number of hydrogen-bond donors (Lipinski definition) is 1. The van der Waals surface area contributed by atoms with Crippen LogP contribution in [0.25, 0.3) is 0 Å². The average molecular weight is 221 g/mol. The maximum Gasteiger partial charge on any atom is 0.297 e. The molecular weight excluding hydrogens is 210 g/mol. The molecule has 2 aromatic rings. The van der Waals surface area contributed by atoms with Crippen molar-refractivity contribution in [2.24, 2.45) is 0 Å². The number of nitrogens with zero attached hydrogens (tertiary/aromatic N) is 5. The van der Waals surface area contributed by atoms with E-state index in [-0.39, 0.29) is 6.61 Å². The maximum atomic E-state index is 8.91. The number of rotatable bonds is 2. The molecule has 1 N–H and O–H groups in total. The van der Waals surface area contributed by atoms with Crippen molar-refractivity contribution in [1.29, 1.82) is 0 Å². The van der Waals surface area contributed by atoms with Crippen molar-refractivity contribution in [1.82, 2.24) is 19.7 Å². The number of oxazole rings is 1. The standard InChI is InChI=1S/C9H11N5O2/c15-4-7-5-16-9(11-7)13-1-2-14-6-10-12-8(14)3-13/h5-6,15H,1-4H2. The molecule has 0 amide bonds. The summed E-state index contributed by atoms with van der Waals surface area (Å²) in [5.41, 5.74) is 0.544. The quantitative estimate of drug-likeness (QED) is 0.755. The highest BCUT2D eigenvalue weighted by Crippen LogP contribution is 2.18. The number of anilines is 1. The molecule has 0 atom stereocenters. The molecule has 0 spiro atoms. The minimum atomic E-state index is -0.104. The van der Waals surface area contributed by atoms with Crippen LogP contribution in [0.2, 0.25) is 0 Å². The molecule has 0 fully saturated rings. The third-order valence-corrected chi connectivity index (χ3v) is 2.61. The Hall–Kier alpha value is -1.89. The third kappa shape index (κ3) is 1.45. The molecule has 7 heteroatoms. The molecule has 16 heavy (non-hydrogen) atoms. The van der Waals surface area contributed by atoms with Gasteiger partial charge in [0, 0.05) is 13.1 Å². The average Bonchev–Trinajstić information content (AvgIpc) is 2.96. The molecule has 7 nitrogen and oxygen atoms in total. The van der Waals surface area contributed by atoms with Crippen LogP contribution in [0.15, 0.2) is 17.0 Å². The van der Waals surface area contributed by atoms with Gasteiger partial charge in [-0.25, -0.2) is 0 Å². The van der Waals surface area contributed by atoms with Crippen molar-refractivity contribution in [2.75, 3.05) is 11.4 Å². The van der Waals surface area contributed by atoms with Gasteiger partial charge < -0.3 is 19.0 Å². The monoisotopic (exact) mass is 221 g/mol. The number of hydrogen-bond acceptors (Lipinski definition) is 6. The first-order valence-corrected chi connectivity index (χ1v) is 5.03. The molecule has 3 heterocycles. The van der Waals surface area contributed by atoms with Gasteiger partial charge in [0.15, 0.2) is 5.82 Å². The number of fused-ring (bicyclic) bond motifs is 1. The lowest BCUT2D eigenvalue weighted by atomic mass is 10.4. The lowest BCUT2D eigenvalue weighted by Crippen LogP contribution is -2.33. The lowest BCUT2D eigenvalue weighted by Gasteiger charge is -2.25. The second-order valence-electron chi connectivity index (χ2n) is 3.64. The summed E-state index contributed by atoms with van der Waals surface area (Å²) in [5.74, 6) is 0.898. The minimum Gasteiger partial charge on any atom is -0.432 e. The number of aliphatic hydroxyl groups is 1. The Morgan fingerprint density at radius 3 is 3.19 bits per heavy atom. The molecule has 0 aromatic carbocycles. The summed E-state index contributed by atoms with van der Waals surface area (Å²) in [6, 6.07) is 0.526. The summed E-state index contributed by atoms with van der Waals surface area (Å²) in [7, 11) is 0. The lowest BCUT2D eigenvalue weighted by molar-refractivity contribution is 0.276. The van der Waals surface area contributed by atoms with Gasteiger partial charge in [0.25, 0.3) is 6.01 Å². The normalized spacial score (nSPS) is 15.2. The predicted molar refractivity (Wildman–Crippen MR) is 53.5 cm³/mol. The Morgan fingerprint density at radius 1 is 1.44 bits per heavy atom. The molecule has 0 aliphatic carbocycles. The van der Waals surface area contributed by atoms with Crippen LogP contribution in [0.1, 0.15) is 11.5 Å². The minimum absolute atomic E-state index is 0.104. The fourth-order valence-electron chi connectivity index (χ4n) is 1.74. The summed E-state index contributed by atoms with van der Waals surface area (Å²) in [6.07, 6.45) is 3.19. The van der Waals surface area contributed by atoms with Gasteiger partial charge in [0.05, 0.1) is 13.2 Å². The first-order valence-electron chi connectivity index (χ1n) is 5.03. The van der Waals surface area contributed by atoms with E-state index in [0.717, 1.165) is 18.9 Å². The van der Waals surface area contributed by atoms with E-state index in [9.17, 15) is 0 Å². The van der Waals surface area contributed by atoms with Crippen LogP contribution in [0.5, 0.6) is 0 Å². The number of aliphatic hydroxyl groups excluding tert-OH is 1. The fourth-order valence-corrected chi connectivity index (χ4v) is 1.74. The number of aromatic nitrogens is 4. The molecule has 0 saturated carbocycles. The van der Waals surface area contributed by atoms with Crippen LogP contribution in [0.4, 0.5) is 6.01 Å². The Kier molecular flexibility index (Phi) is 2.10. The van der Waals surface area contributed by atoms with Crippen molar-refractivity contribution < 1.29 is 9.52 Å². The van der Waals surface area contributed by atoms with E-state index >= 15 is 0 Å². The van der Waals surface area contributed by atoms with Gasteiger partial charge in [0.2, 0.25) is 0 Å². The molecule has 0 bridgehead atoms. The van der Waals surface area contributed by atoms with E-state index in [0.29, 0.717) is 18.3 Å². The molecule has 2 aromatic heterocycles. The van der Waals surface area contributed by atoms with Crippen LogP contribution in [0.3, 0.4) is 0 Å². The highest BCUT2D eigenvalue weighted by molar-refractivity contribution is 5.28. The zero-order valence-electron chi connectivity index (χ0n) is 8.57. The van der Waals surface area contributed by atoms with Crippen molar-refractivity contribution in [3.05, 3.63) is 24.1 Å². The van der Waals surface area contributed by atoms with E-state index in [1.807, 2.05) is 9.47 Å². The van der Waals surface area contributed by atoms with Crippen molar-refractivity contribution in [3.8, 4) is 0 Å². The van der Waals surface area contributed by atoms with E-state index < -0.39 is 0 Å². The van der Waals surface area contributed by atoms with Crippen LogP contribution in [0, 0.1) is 0 Å². The summed E-state index contributed by atoms with van der Waals surface area (Å²) in [5, 5.41) is 16.8. The summed E-state index contributed by atoms with van der Waals surface area (Å²) >= 11 is 0. The molecule has 3 rings (SSSR count). The van der Waals surface area contributed by atoms with Crippen molar-refractivity contribution >= 4 is 6.01 Å². The molecule has 0 unspecified atom stereocenters. The van der Waals surface area contributed by atoms with Gasteiger partial charge in [-0.1, -0.05) is 0 Å². The molecule has 84 valence electrons. The van der Waals surface area contributed by atoms with Gasteiger partial charge in [-0.2, -0.15) is 4.98 Å². The molecule has 0 radical (unpaired) electrons. The zero-order valence-corrected chi connectivity index (χ0v) is 8.57. The van der Waals surface area contributed by atoms with Gasteiger partial charge in [-0.05, 0) is 0 Å². The second-order valence-corrected chi connectivity index (χ2v) is 3.64. The largest absolute Gasteiger partial charge is 0.432 e. The van der Waals surface area contributed by atoms with Crippen LogP contribution in [-0.4, -0.2) is 31.4 Å². The van der Waals surface area contributed by atoms with E-state index in [4.69, 9.17) is 9.52 Å². The summed E-state index contributed by atoms with van der Waals surface area (Å²) in [6.45, 7) is 2.15. The first kappa shape index (κ1) is 9.34. The highest BCUT2D eigenvalue weighted by Gasteiger charge is 2.21. The van der Waals surface area contributed by atoms with Crippen molar-refractivity contribution in [2.45, 2.75) is 19.7 Å². The van der Waals surface area contributed by atoms with Crippen LogP contribution in [-0.2, 0) is 19.7 Å². The Morgan fingerprint density at radius 2 is 2.38 bits per heavy atom. The third-order valence-electron chi connectivity index (χ3n) is 2.61. The van der Waals surface area contributed by atoms with E-state index in [2.05, 4.69) is 15.2 Å². The molecular formula is C9H11N5O2. The first-order chi connectivity index (χ1) is 7.86. The molecule has 1 aliphatic heterocycles.